The van der Waals surface area contributed by atoms with Crippen LogP contribution >= 0.6 is 0 Å². The van der Waals surface area contributed by atoms with E-state index in [1.54, 1.807) is 0 Å². The van der Waals surface area contributed by atoms with Gasteiger partial charge in [0.05, 0.1) is 24.9 Å². The van der Waals surface area contributed by atoms with Crippen LogP contribution < -0.4 is 0 Å². The molecule has 0 rings (SSSR count). The number of hydrogen-bond acceptors (Lipinski definition) is 4. The molecule has 3 unspecified atom stereocenters. The van der Waals surface area contributed by atoms with Crippen LogP contribution in [0.4, 0.5) is 0 Å². The van der Waals surface area contributed by atoms with Crippen molar-refractivity contribution in [3.63, 3.8) is 0 Å². The number of hydrogen-bond donors (Lipinski definition) is 3. The lowest BCUT2D eigenvalue weighted by atomic mass is 10.1. The first-order valence-corrected chi connectivity index (χ1v) is 4.79. The Balaban J connectivity index is 4.29. The van der Waals surface area contributed by atoms with Crippen molar-refractivity contribution in [2.75, 3.05) is 19.7 Å². The summed E-state index contributed by atoms with van der Waals surface area (Å²) in [5.41, 5.74) is 0. The van der Waals surface area contributed by atoms with Crippen molar-refractivity contribution in [2.24, 2.45) is 0 Å². The van der Waals surface area contributed by atoms with Gasteiger partial charge >= 0.3 is 0 Å². The molecule has 0 radical (unpaired) electrons. The molecule has 0 saturated heterocycles. The van der Waals surface area contributed by atoms with Crippen molar-refractivity contribution in [1.29, 1.82) is 0 Å². The predicted octanol–water partition coefficient (Wildman–Crippen LogP) is -0.569. The molecular formula is C9H21NO3. The second kappa shape index (κ2) is 6.32. The SMILES string of the molecule is CCN(CC)C(CO)C(O)C(C)O. The zero-order valence-electron chi connectivity index (χ0n) is 8.64. The quantitative estimate of drug-likeness (QED) is 0.526. The Kier molecular flexibility index (Phi) is 6.24. The number of aliphatic hydroxyl groups is 3. The molecule has 0 fully saturated rings. The van der Waals surface area contributed by atoms with E-state index in [4.69, 9.17) is 5.11 Å². The Morgan fingerprint density at radius 2 is 1.62 bits per heavy atom. The zero-order valence-corrected chi connectivity index (χ0v) is 8.64. The highest BCUT2D eigenvalue weighted by Crippen LogP contribution is 2.07. The zero-order chi connectivity index (χ0) is 10.4. The van der Waals surface area contributed by atoms with E-state index in [2.05, 4.69) is 0 Å². The third-order valence-electron chi connectivity index (χ3n) is 2.36. The molecule has 3 atom stereocenters. The topological polar surface area (TPSA) is 63.9 Å². The Bertz CT molecular complexity index is 124. The van der Waals surface area contributed by atoms with Crippen molar-refractivity contribution in [2.45, 2.75) is 39.0 Å². The summed E-state index contributed by atoms with van der Waals surface area (Å²) in [6.45, 7) is 6.82. The van der Waals surface area contributed by atoms with Gasteiger partial charge < -0.3 is 15.3 Å². The molecule has 0 spiro atoms. The average molecular weight is 191 g/mol. The van der Waals surface area contributed by atoms with Crippen LogP contribution in [0.2, 0.25) is 0 Å². The molecule has 0 aromatic carbocycles. The fourth-order valence-corrected chi connectivity index (χ4v) is 1.45. The molecule has 0 heterocycles. The summed E-state index contributed by atoms with van der Waals surface area (Å²) in [6, 6.07) is -0.366. The molecule has 0 aromatic rings. The van der Waals surface area contributed by atoms with Crippen molar-refractivity contribution >= 4 is 0 Å². The van der Waals surface area contributed by atoms with E-state index in [1.807, 2.05) is 18.7 Å². The van der Waals surface area contributed by atoms with Crippen LogP contribution in [-0.4, -0.2) is 58.2 Å². The molecule has 0 aromatic heterocycles. The summed E-state index contributed by atoms with van der Waals surface area (Å²) in [4.78, 5) is 1.93. The first kappa shape index (κ1) is 12.8. The Morgan fingerprint density at radius 1 is 1.15 bits per heavy atom. The smallest absolute Gasteiger partial charge is 0.0973 e. The van der Waals surface area contributed by atoms with E-state index in [-0.39, 0.29) is 12.6 Å². The molecule has 0 aliphatic heterocycles. The monoisotopic (exact) mass is 191 g/mol. The van der Waals surface area contributed by atoms with Gasteiger partial charge in [-0.2, -0.15) is 0 Å². The number of rotatable bonds is 6. The first-order valence-electron chi connectivity index (χ1n) is 4.79. The molecule has 0 bridgehead atoms. The summed E-state index contributed by atoms with van der Waals surface area (Å²) < 4.78 is 0. The molecule has 3 N–H and O–H groups in total. The second-order valence-corrected chi connectivity index (χ2v) is 3.20. The normalized spacial score (nSPS) is 18.7. The number of nitrogens with zero attached hydrogens (tertiary/aromatic N) is 1. The van der Waals surface area contributed by atoms with Crippen LogP contribution in [0.25, 0.3) is 0 Å². The minimum absolute atomic E-state index is 0.131. The van der Waals surface area contributed by atoms with Crippen LogP contribution in [0.15, 0.2) is 0 Å². The summed E-state index contributed by atoms with van der Waals surface area (Å²) in [7, 11) is 0. The molecule has 4 heteroatoms. The van der Waals surface area contributed by atoms with E-state index >= 15 is 0 Å². The van der Waals surface area contributed by atoms with Gasteiger partial charge in [0.2, 0.25) is 0 Å². The van der Waals surface area contributed by atoms with Gasteiger partial charge in [-0.05, 0) is 20.0 Å². The van der Waals surface area contributed by atoms with Crippen LogP contribution in [0.5, 0.6) is 0 Å². The summed E-state index contributed by atoms with van der Waals surface area (Å²) in [5.74, 6) is 0. The van der Waals surface area contributed by atoms with Crippen molar-refractivity contribution in [1.82, 2.24) is 4.90 Å². The molecule has 80 valence electrons. The van der Waals surface area contributed by atoms with E-state index in [0.29, 0.717) is 0 Å². The predicted molar refractivity (Wildman–Crippen MR) is 51.5 cm³/mol. The highest BCUT2D eigenvalue weighted by Gasteiger charge is 2.26. The second-order valence-electron chi connectivity index (χ2n) is 3.20. The van der Waals surface area contributed by atoms with Gasteiger partial charge in [-0.1, -0.05) is 13.8 Å². The lowest BCUT2D eigenvalue weighted by Crippen LogP contribution is -2.50. The number of aliphatic hydroxyl groups excluding tert-OH is 3. The minimum Gasteiger partial charge on any atom is -0.395 e. The molecule has 13 heavy (non-hydrogen) atoms. The van der Waals surface area contributed by atoms with E-state index < -0.39 is 12.2 Å². The van der Waals surface area contributed by atoms with Crippen molar-refractivity contribution < 1.29 is 15.3 Å². The molecule has 0 amide bonds. The van der Waals surface area contributed by atoms with Crippen LogP contribution in [0.1, 0.15) is 20.8 Å². The maximum atomic E-state index is 9.57. The van der Waals surface area contributed by atoms with Crippen LogP contribution in [-0.2, 0) is 0 Å². The third-order valence-corrected chi connectivity index (χ3v) is 2.36. The van der Waals surface area contributed by atoms with Crippen LogP contribution in [0, 0.1) is 0 Å². The lowest BCUT2D eigenvalue weighted by molar-refractivity contribution is -0.0452. The van der Waals surface area contributed by atoms with E-state index in [9.17, 15) is 10.2 Å². The third kappa shape index (κ3) is 3.60. The number of likely N-dealkylation sites (N-methyl/N-ethyl adjacent to an activating group) is 1. The summed E-state index contributed by atoms with van der Waals surface area (Å²) in [6.07, 6.45) is -1.69. The summed E-state index contributed by atoms with van der Waals surface area (Å²) >= 11 is 0. The fourth-order valence-electron chi connectivity index (χ4n) is 1.45. The maximum Gasteiger partial charge on any atom is 0.0973 e. The van der Waals surface area contributed by atoms with Gasteiger partial charge in [-0.25, -0.2) is 0 Å². The van der Waals surface area contributed by atoms with Crippen LogP contribution in [0.3, 0.4) is 0 Å². The lowest BCUT2D eigenvalue weighted by Gasteiger charge is -2.33. The van der Waals surface area contributed by atoms with E-state index in [1.165, 1.54) is 6.92 Å². The average Bonchev–Trinajstić information content (AvgIpc) is 2.12. The molecular weight excluding hydrogens is 170 g/mol. The fraction of sp³-hybridized carbons (Fsp3) is 1.00. The standard InChI is InChI=1S/C9H21NO3/c1-4-10(5-2)8(6-11)9(13)7(3)12/h7-9,11-13H,4-6H2,1-3H3. The van der Waals surface area contributed by atoms with Crippen molar-refractivity contribution in [3.8, 4) is 0 Å². The minimum atomic E-state index is -0.884. The van der Waals surface area contributed by atoms with Crippen molar-refractivity contribution in [3.05, 3.63) is 0 Å². The molecule has 0 saturated carbocycles. The van der Waals surface area contributed by atoms with Gasteiger partial charge in [0, 0.05) is 0 Å². The first-order chi connectivity index (χ1) is 6.08. The highest BCUT2D eigenvalue weighted by atomic mass is 16.3. The van der Waals surface area contributed by atoms with Gasteiger partial charge in [0.25, 0.3) is 0 Å². The van der Waals surface area contributed by atoms with Gasteiger partial charge in [-0.15, -0.1) is 0 Å². The maximum absolute atomic E-state index is 9.57. The Hall–Kier alpha value is -0.160. The van der Waals surface area contributed by atoms with Gasteiger partial charge in [0.15, 0.2) is 0 Å². The largest absolute Gasteiger partial charge is 0.395 e. The molecule has 4 nitrogen and oxygen atoms in total. The Labute approximate surface area is 79.8 Å². The summed E-state index contributed by atoms with van der Waals surface area (Å²) in [5, 5.41) is 27.8. The van der Waals surface area contributed by atoms with E-state index in [0.717, 1.165) is 13.1 Å². The van der Waals surface area contributed by atoms with Gasteiger partial charge in [0.1, 0.15) is 0 Å². The molecule has 0 aliphatic carbocycles. The van der Waals surface area contributed by atoms with Gasteiger partial charge in [-0.3, -0.25) is 4.90 Å². The Morgan fingerprint density at radius 3 is 1.85 bits per heavy atom. The highest BCUT2D eigenvalue weighted by molar-refractivity contribution is 4.80. The molecule has 0 aliphatic rings.